The quantitative estimate of drug-likeness (QED) is 0.889. The minimum Gasteiger partial charge on any atom is -0.493 e. The number of likely N-dealkylation sites (N-methyl/N-ethyl adjacent to an activating group) is 1. The second-order valence-corrected chi connectivity index (χ2v) is 6.01. The Kier molecular flexibility index (Phi) is 3.37. The van der Waals surface area contributed by atoms with Gasteiger partial charge in [0.25, 0.3) is 5.91 Å². The highest BCUT2D eigenvalue weighted by molar-refractivity contribution is 6.08. The highest BCUT2D eigenvalue weighted by atomic mass is 16.5. The smallest absolute Gasteiger partial charge is 0.255 e. The molecule has 0 atom stereocenters. The summed E-state index contributed by atoms with van der Waals surface area (Å²) in [7, 11) is 1.85. The number of amides is 2. The molecule has 2 N–H and O–H groups in total. The average Bonchev–Trinajstić information content (AvgIpc) is 3.01. The maximum atomic E-state index is 12.5. The Hall–Kier alpha value is -3.02. The number of anilines is 3. The lowest BCUT2D eigenvalue weighted by atomic mass is 10.1. The van der Waals surface area contributed by atoms with Gasteiger partial charge in [0.15, 0.2) is 0 Å². The van der Waals surface area contributed by atoms with E-state index in [-0.39, 0.29) is 11.8 Å². The number of nitrogens with one attached hydrogen (secondary N) is 2. The van der Waals surface area contributed by atoms with E-state index in [1.165, 1.54) is 0 Å². The van der Waals surface area contributed by atoms with Crippen molar-refractivity contribution in [2.75, 3.05) is 35.7 Å². The summed E-state index contributed by atoms with van der Waals surface area (Å²) in [6.07, 6.45) is 0.857. The topological polar surface area (TPSA) is 70.7 Å². The Balaban J connectivity index is 1.57. The van der Waals surface area contributed by atoms with Gasteiger partial charge in [-0.05, 0) is 42.0 Å². The largest absolute Gasteiger partial charge is 0.493 e. The Morgan fingerprint density at radius 2 is 2.12 bits per heavy atom. The van der Waals surface area contributed by atoms with Gasteiger partial charge in [0.1, 0.15) is 5.75 Å². The fraction of sp³-hybridized carbons (Fsp3) is 0.222. The molecule has 122 valence electrons. The number of fused-ring (bicyclic) bond motifs is 2. The van der Waals surface area contributed by atoms with Gasteiger partial charge in [-0.2, -0.15) is 0 Å². The molecule has 0 fully saturated rings. The highest BCUT2D eigenvalue weighted by Gasteiger charge is 2.20. The van der Waals surface area contributed by atoms with Gasteiger partial charge in [0.2, 0.25) is 5.91 Å². The minimum atomic E-state index is -0.209. The van der Waals surface area contributed by atoms with E-state index in [2.05, 4.69) is 10.6 Å². The predicted octanol–water partition coefficient (Wildman–Crippen LogP) is 2.26. The molecule has 0 bridgehead atoms. The van der Waals surface area contributed by atoms with Crippen molar-refractivity contribution >= 4 is 28.9 Å². The van der Waals surface area contributed by atoms with Gasteiger partial charge in [0, 0.05) is 24.7 Å². The first-order chi connectivity index (χ1) is 11.6. The van der Waals surface area contributed by atoms with Crippen LogP contribution in [-0.4, -0.2) is 32.0 Å². The third kappa shape index (κ3) is 2.56. The summed E-state index contributed by atoms with van der Waals surface area (Å²) in [5.74, 6) is 0.591. The summed E-state index contributed by atoms with van der Waals surface area (Å²) >= 11 is 0. The van der Waals surface area contributed by atoms with Gasteiger partial charge in [-0.1, -0.05) is 0 Å². The lowest BCUT2D eigenvalue weighted by Crippen LogP contribution is -2.35. The Bertz CT molecular complexity index is 847. The van der Waals surface area contributed by atoms with Crippen LogP contribution in [0.15, 0.2) is 36.4 Å². The molecule has 0 aromatic heterocycles. The summed E-state index contributed by atoms with van der Waals surface area (Å²) in [6, 6.07) is 11.0. The van der Waals surface area contributed by atoms with Crippen LogP contribution >= 0.6 is 0 Å². The average molecular weight is 323 g/mol. The Morgan fingerprint density at radius 3 is 3.00 bits per heavy atom. The molecule has 0 radical (unpaired) electrons. The number of ether oxygens (including phenoxy) is 1. The molecule has 0 saturated carbocycles. The van der Waals surface area contributed by atoms with E-state index in [1.54, 1.807) is 12.1 Å². The monoisotopic (exact) mass is 323 g/mol. The third-order valence-electron chi connectivity index (χ3n) is 4.27. The molecule has 6 heteroatoms. The van der Waals surface area contributed by atoms with Crippen molar-refractivity contribution in [3.05, 3.63) is 47.5 Å². The van der Waals surface area contributed by atoms with Crippen LogP contribution in [0.2, 0.25) is 0 Å². The first-order valence-electron chi connectivity index (χ1n) is 7.82. The molecule has 0 aliphatic carbocycles. The molecule has 2 aliphatic heterocycles. The number of carbonyl (C=O) groups is 2. The maximum absolute atomic E-state index is 12.5. The molecule has 2 aromatic rings. The normalized spacial score (nSPS) is 15.2. The SMILES string of the molecule is CN1CC(=O)Nc2cc(C(=O)Nc3ccc4c(c3)CCO4)ccc21. The predicted molar refractivity (Wildman–Crippen MR) is 91.9 cm³/mol. The first kappa shape index (κ1) is 14.6. The van der Waals surface area contributed by atoms with Gasteiger partial charge in [-0.3, -0.25) is 9.59 Å². The maximum Gasteiger partial charge on any atom is 0.255 e. The van der Waals surface area contributed by atoms with Crippen molar-refractivity contribution in [1.82, 2.24) is 0 Å². The van der Waals surface area contributed by atoms with Gasteiger partial charge in [-0.15, -0.1) is 0 Å². The van der Waals surface area contributed by atoms with Crippen molar-refractivity contribution < 1.29 is 14.3 Å². The van der Waals surface area contributed by atoms with Gasteiger partial charge < -0.3 is 20.3 Å². The highest BCUT2D eigenvalue weighted by Crippen LogP contribution is 2.30. The third-order valence-corrected chi connectivity index (χ3v) is 4.27. The van der Waals surface area contributed by atoms with Crippen LogP contribution < -0.4 is 20.3 Å². The van der Waals surface area contributed by atoms with Crippen LogP contribution in [0.5, 0.6) is 5.75 Å². The number of carbonyl (C=O) groups excluding carboxylic acids is 2. The number of hydrogen-bond donors (Lipinski definition) is 2. The van der Waals surface area contributed by atoms with E-state index < -0.39 is 0 Å². The van der Waals surface area contributed by atoms with Crippen LogP contribution in [0, 0.1) is 0 Å². The van der Waals surface area contributed by atoms with E-state index in [0.717, 1.165) is 29.1 Å². The number of rotatable bonds is 2. The Labute approximate surface area is 139 Å². The second-order valence-electron chi connectivity index (χ2n) is 6.01. The molecule has 2 aromatic carbocycles. The summed E-state index contributed by atoms with van der Waals surface area (Å²) in [6.45, 7) is 1.00. The van der Waals surface area contributed by atoms with E-state index in [9.17, 15) is 9.59 Å². The summed E-state index contributed by atoms with van der Waals surface area (Å²) in [5, 5.41) is 5.70. The molecule has 4 rings (SSSR count). The lowest BCUT2D eigenvalue weighted by Gasteiger charge is -2.27. The van der Waals surface area contributed by atoms with Crippen LogP contribution in [-0.2, 0) is 11.2 Å². The van der Waals surface area contributed by atoms with E-state index >= 15 is 0 Å². The molecule has 0 unspecified atom stereocenters. The van der Waals surface area contributed by atoms with Gasteiger partial charge in [-0.25, -0.2) is 0 Å². The minimum absolute atomic E-state index is 0.0822. The molecule has 24 heavy (non-hydrogen) atoms. The van der Waals surface area contributed by atoms with Crippen molar-refractivity contribution in [2.24, 2.45) is 0 Å². The zero-order valence-corrected chi connectivity index (χ0v) is 13.3. The number of hydrogen-bond acceptors (Lipinski definition) is 4. The number of nitrogens with zero attached hydrogens (tertiary/aromatic N) is 1. The van der Waals surface area contributed by atoms with Crippen molar-refractivity contribution in [2.45, 2.75) is 6.42 Å². The molecule has 0 spiro atoms. The molecular formula is C18H17N3O3. The fourth-order valence-electron chi connectivity index (χ4n) is 3.07. The molecule has 2 amide bonds. The zero-order valence-electron chi connectivity index (χ0n) is 13.3. The summed E-state index contributed by atoms with van der Waals surface area (Å²) < 4.78 is 5.47. The lowest BCUT2D eigenvalue weighted by molar-refractivity contribution is -0.115. The van der Waals surface area contributed by atoms with Crippen molar-refractivity contribution in [3.8, 4) is 5.75 Å². The molecule has 0 saturated heterocycles. The molecular weight excluding hydrogens is 306 g/mol. The van der Waals surface area contributed by atoms with Crippen LogP contribution in [0.1, 0.15) is 15.9 Å². The van der Waals surface area contributed by atoms with Crippen molar-refractivity contribution in [3.63, 3.8) is 0 Å². The van der Waals surface area contributed by atoms with E-state index in [4.69, 9.17) is 4.74 Å². The van der Waals surface area contributed by atoms with Crippen molar-refractivity contribution in [1.29, 1.82) is 0 Å². The summed E-state index contributed by atoms with van der Waals surface area (Å²) in [4.78, 5) is 26.0. The van der Waals surface area contributed by atoms with Crippen LogP contribution in [0.3, 0.4) is 0 Å². The van der Waals surface area contributed by atoms with Gasteiger partial charge >= 0.3 is 0 Å². The molecule has 2 heterocycles. The molecule has 2 aliphatic rings. The van der Waals surface area contributed by atoms with E-state index in [0.29, 0.717) is 24.4 Å². The second kappa shape index (κ2) is 5.56. The van der Waals surface area contributed by atoms with E-state index in [1.807, 2.05) is 36.2 Å². The van der Waals surface area contributed by atoms with Gasteiger partial charge in [0.05, 0.1) is 24.5 Å². The number of benzene rings is 2. The molecule has 6 nitrogen and oxygen atoms in total. The fourth-order valence-corrected chi connectivity index (χ4v) is 3.07. The Morgan fingerprint density at radius 1 is 1.25 bits per heavy atom. The first-order valence-corrected chi connectivity index (χ1v) is 7.82. The van der Waals surface area contributed by atoms with Crippen LogP contribution in [0.4, 0.5) is 17.1 Å². The standard InChI is InChI=1S/C18H17N3O3/c1-21-10-17(22)20-14-9-12(2-4-15(14)21)18(23)19-13-3-5-16-11(8-13)6-7-24-16/h2-5,8-9H,6-7,10H2,1H3,(H,19,23)(H,20,22). The zero-order chi connectivity index (χ0) is 16.7. The van der Waals surface area contributed by atoms with Crippen LogP contribution in [0.25, 0.3) is 0 Å². The summed E-state index contributed by atoms with van der Waals surface area (Å²) in [5.41, 5.74) is 3.90.